The van der Waals surface area contributed by atoms with Gasteiger partial charge in [0.05, 0.1) is 15.1 Å². The molecule has 0 atom stereocenters. The summed E-state index contributed by atoms with van der Waals surface area (Å²) in [7, 11) is 0. The van der Waals surface area contributed by atoms with E-state index in [1.807, 2.05) is 109 Å². The third kappa shape index (κ3) is 5.37. The molecule has 0 N–H and O–H groups in total. The van der Waals surface area contributed by atoms with E-state index in [4.69, 9.17) is 34.8 Å². The van der Waals surface area contributed by atoms with E-state index in [0.717, 1.165) is 38.6 Å². The maximum atomic E-state index is 9.55. The van der Waals surface area contributed by atoms with Crippen LogP contribution in [-0.4, -0.2) is 15.0 Å². The van der Waals surface area contributed by atoms with E-state index in [0.29, 0.717) is 16.7 Å². The molecule has 11 rings (SSSR count). The number of nitrogens with zero attached hydrogens (tertiary/aromatic N) is 3. The lowest BCUT2D eigenvalue weighted by Gasteiger charge is -2.10. The number of hydrogen-bond acceptors (Lipinski definition) is 5. The molecule has 11 aromatic rings. The van der Waals surface area contributed by atoms with Crippen LogP contribution in [0, 0.1) is 0 Å². The minimum atomic E-state index is -0.692. The second kappa shape index (κ2) is 13.0. The zero-order valence-electron chi connectivity index (χ0n) is 40.2. The van der Waals surface area contributed by atoms with Crippen LogP contribution in [0.2, 0.25) is 0 Å². The fraction of sp³-hybridized carbons (Fsp3) is 0. The van der Waals surface area contributed by atoms with Crippen molar-refractivity contribution >= 4 is 43.9 Å². The highest BCUT2D eigenvalue weighted by Gasteiger charge is 2.19. The third-order valence-corrected chi connectivity index (χ3v) is 9.75. The van der Waals surface area contributed by atoms with Gasteiger partial charge in [-0.15, -0.1) is 0 Å². The lowest BCUT2D eigenvalue weighted by Crippen LogP contribution is -2.00. The van der Waals surface area contributed by atoms with Gasteiger partial charge in [0.2, 0.25) is 0 Å². The van der Waals surface area contributed by atoms with Crippen LogP contribution in [0.25, 0.3) is 111 Å². The van der Waals surface area contributed by atoms with Crippen LogP contribution in [-0.2, 0) is 0 Å². The SMILES string of the molecule is [2H]c1c([2H])c([2H])c(-c2c([2H])c([2H])c([2H])c3oc4c([2H])c(-c5nc(-c6ccccc6)nc(-c6cccc(-c7cccc8c7oc7c(-c9ccccc9)cccc78)c6)n5)c([2H])c([2H])c4c23)c([2H])c1[2H]. The molecule has 0 amide bonds. The number of para-hydroxylation sites is 2. The lowest BCUT2D eigenvalue weighted by atomic mass is 9.99. The van der Waals surface area contributed by atoms with Crippen molar-refractivity contribution in [2.45, 2.75) is 0 Å². The molecule has 0 spiro atoms. The standard InChI is InChI=1S/C51H31N3O2/c1-4-14-32(15-5-1)38-22-13-27-44-46(38)43-29-28-37(31-45(43)55-44)51-53-49(34-18-8-3-9-19-34)52-50(54-51)36-21-10-20-35(30-36)40-24-12-26-42-41-25-11-23-39(47(41)56-48(40)42)33-16-6-2-7-17-33/h1-31H/i1D,4D,5D,13D,14D,15D,22D,27D,28D,29D,31D. The molecule has 3 heterocycles. The van der Waals surface area contributed by atoms with Crippen molar-refractivity contribution in [1.82, 2.24) is 15.0 Å². The van der Waals surface area contributed by atoms with Crippen molar-refractivity contribution in [2.75, 3.05) is 0 Å². The Balaban J connectivity index is 1.12. The molecular formula is C51H31N3O2. The maximum absolute atomic E-state index is 9.55. The minimum absolute atomic E-state index is 0.132. The summed E-state index contributed by atoms with van der Waals surface area (Å²) in [5, 5.41) is 1.50. The summed E-state index contributed by atoms with van der Waals surface area (Å²) in [5.74, 6) is 0.272. The van der Waals surface area contributed by atoms with Crippen molar-refractivity contribution in [3.05, 3.63) is 188 Å². The molecule has 5 heteroatoms. The Morgan fingerprint density at radius 1 is 0.375 bits per heavy atom. The van der Waals surface area contributed by atoms with E-state index in [-0.39, 0.29) is 50.5 Å². The molecule has 8 aromatic carbocycles. The molecular weight excluding hydrogens is 687 g/mol. The molecule has 0 fully saturated rings. The zero-order chi connectivity index (χ0) is 46.6. The molecule has 3 aromatic heterocycles. The first-order valence-corrected chi connectivity index (χ1v) is 17.8. The van der Waals surface area contributed by atoms with Gasteiger partial charge in [-0.1, -0.05) is 164 Å². The second-order valence-corrected chi connectivity index (χ2v) is 13.1. The van der Waals surface area contributed by atoms with Crippen LogP contribution in [0.5, 0.6) is 0 Å². The Labute approximate surface area is 337 Å². The summed E-state index contributed by atoms with van der Waals surface area (Å²) in [6.45, 7) is 0. The molecule has 0 radical (unpaired) electrons. The van der Waals surface area contributed by atoms with Gasteiger partial charge in [-0.05, 0) is 46.4 Å². The van der Waals surface area contributed by atoms with Gasteiger partial charge < -0.3 is 8.83 Å². The minimum Gasteiger partial charge on any atom is -0.456 e. The van der Waals surface area contributed by atoms with Gasteiger partial charge >= 0.3 is 0 Å². The third-order valence-electron chi connectivity index (χ3n) is 9.75. The predicted octanol–water partition coefficient (Wildman–Crippen LogP) is 13.7. The van der Waals surface area contributed by atoms with Crippen molar-refractivity contribution in [3.63, 3.8) is 0 Å². The van der Waals surface area contributed by atoms with E-state index >= 15 is 0 Å². The number of fused-ring (bicyclic) bond motifs is 6. The van der Waals surface area contributed by atoms with E-state index in [1.54, 1.807) is 12.1 Å². The van der Waals surface area contributed by atoms with Crippen LogP contribution >= 0.6 is 0 Å². The van der Waals surface area contributed by atoms with Crippen molar-refractivity contribution in [1.29, 1.82) is 0 Å². The van der Waals surface area contributed by atoms with E-state index in [1.165, 1.54) is 0 Å². The largest absolute Gasteiger partial charge is 0.456 e. The second-order valence-electron chi connectivity index (χ2n) is 13.1. The Kier molecular flexibility index (Phi) is 5.25. The molecule has 0 aliphatic carbocycles. The smallest absolute Gasteiger partial charge is 0.164 e. The Morgan fingerprint density at radius 2 is 0.982 bits per heavy atom. The normalized spacial score (nSPS) is 14.3. The molecule has 0 saturated heterocycles. The van der Waals surface area contributed by atoms with Gasteiger partial charge in [-0.2, -0.15) is 0 Å². The molecule has 0 bridgehead atoms. The lowest BCUT2D eigenvalue weighted by molar-refractivity contribution is 0.669. The van der Waals surface area contributed by atoms with Crippen molar-refractivity contribution < 1.29 is 23.9 Å². The molecule has 0 aliphatic heterocycles. The summed E-state index contributed by atoms with van der Waals surface area (Å²) in [6.07, 6.45) is 0. The molecule has 56 heavy (non-hydrogen) atoms. The highest BCUT2D eigenvalue weighted by atomic mass is 16.3. The topological polar surface area (TPSA) is 65.0 Å². The number of aromatic nitrogens is 3. The number of hydrogen-bond donors (Lipinski definition) is 0. The van der Waals surface area contributed by atoms with E-state index in [2.05, 4.69) is 0 Å². The average Bonchev–Trinajstić information content (AvgIpc) is 3.96. The summed E-state index contributed by atoms with van der Waals surface area (Å²) < 4.78 is 110. The monoisotopic (exact) mass is 728 g/mol. The molecule has 0 saturated carbocycles. The first-order valence-electron chi connectivity index (χ1n) is 23.3. The van der Waals surface area contributed by atoms with Crippen molar-refractivity contribution in [2.24, 2.45) is 0 Å². The fourth-order valence-corrected chi connectivity index (χ4v) is 7.17. The first kappa shape index (κ1) is 22.6. The zero-order valence-corrected chi connectivity index (χ0v) is 29.2. The highest BCUT2D eigenvalue weighted by Crippen LogP contribution is 2.41. The average molecular weight is 729 g/mol. The van der Waals surface area contributed by atoms with Crippen LogP contribution in [0.1, 0.15) is 15.1 Å². The number of rotatable bonds is 6. The van der Waals surface area contributed by atoms with E-state index < -0.39 is 72.0 Å². The first-order chi connectivity index (χ1) is 32.3. The van der Waals surface area contributed by atoms with Crippen molar-refractivity contribution in [3.8, 4) is 67.5 Å². The Bertz CT molecular complexity index is 3870. The van der Waals surface area contributed by atoms with Gasteiger partial charge in [-0.3, -0.25) is 0 Å². The van der Waals surface area contributed by atoms with Gasteiger partial charge in [0.15, 0.2) is 17.5 Å². The van der Waals surface area contributed by atoms with Gasteiger partial charge in [0.1, 0.15) is 22.3 Å². The quantitative estimate of drug-likeness (QED) is 0.171. The van der Waals surface area contributed by atoms with Crippen LogP contribution in [0.4, 0.5) is 0 Å². The number of furan rings is 2. The van der Waals surface area contributed by atoms with Crippen LogP contribution in [0.3, 0.4) is 0 Å². The summed E-state index contributed by atoms with van der Waals surface area (Å²) in [5.41, 5.74) is 4.59. The van der Waals surface area contributed by atoms with Gasteiger partial charge in [0, 0.05) is 49.4 Å². The number of benzene rings is 8. The summed E-state index contributed by atoms with van der Waals surface area (Å²) >= 11 is 0. The Morgan fingerprint density at radius 3 is 1.71 bits per heavy atom. The van der Waals surface area contributed by atoms with E-state index in [9.17, 15) is 4.11 Å². The summed E-state index contributed by atoms with van der Waals surface area (Å²) in [6, 6.07) is 32.0. The predicted molar refractivity (Wildman–Crippen MR) is 227 cm³/mol. The van der Waals surface area contributed by atoms with Crippen LogP contribution < -0.4 is 0 Å². The molecule has 0 aliphatic rings. The van der Waals surface area contributed by atoms with Crippen LogP contribution in [0.15, 0.2) is 197 Å². The summed E-state index contributed by atoms with van der Waals surface area (Å²) in [4.78, 5) is 14.5. The molecule has 262 valence electrons. The highest BCUT2D eigenvalue weighted by molar-refractivity contribution is 6.14. The molecule has 0 unspecified atom stereocenters. The maximum Gasteiger partial charge on any atom is 0.164 e. The van der Waals surface area contributed by atoms with Gasteiger partial charge in [0.25, 0.3) is 0 Å². The fourth-order valence-electron chi connectivity index (χ4n) is 7.17. The molecule has 5 nitrogen and oxygen atoms in total. The van der Waals surface area contributed by atoms with Gasteiger partial charge in [-0.25, -0.2) is 15.0 Å². The Hall–Kier alpha value is -7.63.